The molecule has 0 unspecified atom stereocenters. The first-order valence-electron chi connectivity index (χ1n) is 7.15. The van der Waals surface area contributed by atoms with E-state index in [9.17, 15) is 4.79 Å². The third-order valence-electron chi connectivity index (χ3n) is 3.40. The number of nitrogens with one attached hydrogen (secondary N) is 2. The van der Waals surface area contributed by atoms with Crippen LogP contribution in [-0.2, 0) is 11.3 Å². The van der Waals surface area contributed by atoms with Crippen molar-refractivity contribution in [1.82, 2.24) is 10.6 Å². The predicted molar refractivity (Wildman–Crippen MR) is 96.2 cm³/mol. The molecular formula is C17H17Cl3N2O. The van der Waals surface area contributed by atoms with Crippen molar-refractivity contribution in [3.8, 4) is 0 Å². The van der Waals surface area contributed by atoms with Crippen LogP contribution in [0.2, 0.25) is 15.1 Å². The normalized spacial score (nSPS) is 12.0. The third kappa shape index (κ3) is 5.70. The van der Waals surface area contributed by atoms with Gasteiger partial charge in [-0.3, -0.25) is 4.79 Å². The van der Waals surface area contributed by atoms with Gasteiger partial charge in [0.1, 0.15) is 0 Å². The summed E-state index contributed by atoms with van der Waals surface area (Å²) in [7, 11) is 0. The Balaban J connectivity index is 1.80. The van der Waals surface area contributed by atoms with Crippen LogP contribution in [0.4, 0.5) is 0 Å². The highest BCUT2D eigenvalue weighted by molar-refractivity contribution is 6.35. The van der Waals surface area contributed by atoms with Crippen molar-refractivity contribution >= 4 is 40.7 Å². The monoisotopic (exact) mass is 370 g/mol. The third-order valence-corrected chi connectivity index (χ3v) is 4.22. The molecule has 3 nitrogen and oxygen atoms in total. The first-order valence-corrected chi connectivity index (χ1v) is 8.28. The van der Waals surface area contributed by atoms with Crippen molar-refractivity contribution in [2.75, 3.05) is 6.54 Å². The summed E-state index contributed by atoms with van der Waals surface area (Å²) in [5, 5.41) is 7.84. The van der Waals surface area contributed by atoms with E-state index in [0.29, 0.717) is 21.6 Å². The van der Waals surface area contributed by atoms with E-state index in [1.807, 2.05) is 25.1 Å². The molecule has 0 aliphatic carbocycles. The minimum atomic E-state index is -0.0862. The second-order valence-corrected chi connectivity index (χ2v) is 6.45. The van der Waals surface area contributed by atoms with Gasteiger partial charge in [0.2, 0.25) is 5.91 Å². The maximum absolute atomic E-state index is 11.9. The van der Waals surface area contributed by atoms with Gasteiger partial charge in [0.05, 0.1) is 6.54 Å². The first-order chi connectivity index (χ1) is 11.0. The molecule has 0 saturated heterocycles. The summed E-state index contributed by atoms with van der Waals surface area (Å²) in [4.78, 5) is 11.9. The Morgan fingerprint density at radius 3 is 2.35 bits per heavy atom. The zero-order valence-electron chi connectivity index (χ0n) is 12.6. The molecule has 122 valence electrons. The fraction of sp³-hybridized carbons (Fsp3) is 0.235. The number of hydrogen-bond donors (Lipinski definition) is 2. The maximum Gasteiger partial charge on any atom is 0.234 e. The van der Waals surface area contributed by atoms with Gasteiger partial charge in [0, 0.05) is 27.7 Å². The van der Waals surface area contributed by atoms with Crippen LogP contribution in [0.5, 0.6) is 0 Å². The zero-order chi connectivity index (χ0) is 16.8. The maximum atomic E-state index is 11.9. The van der Waals surface area contributed by atoms with Gasteiger partial charge in [-0.15, -0.1) is 0 Å². The van der Waals surface area contributed by atoms with Gasteiger partial charge in [-0.2, -0.15) is 0 Å². The SMILES string of the molecule is C[C@@H](NCC(=O)NCc1ccc(Cl)cc1)c1ccc(Cl)cc1Cl. The van der Waals surface area contributed by atoms with Gasteiger partial charge < -0.3 is 10.6 Å². The van der Waals surface area contributed by atoms with E-state index in [0.717, 1.165) is 11.1 Å². The minimum Gasteiger partial charge on any atom is -0.351 e. The van der Waals surface area contributed by atoms with E-state index in [1.54, 1.807) is 24.3 Å². The summed E-state index contributed by atoms with van der Waals surface area (Å²) in [5.41, 5.74) is 1.90. The molecule has 0 saturated carbocycles. The molecule has 0 radical (unpaired) electrons. The average molecular weight is 372 g/mol. The van der Waals surface area contributed by atoms with Gasteiger partial charge in [-0.05, 0) is 42.3 Å². The van der Waals surface area contributed by atoms with Crippen LogP contribution < -0.4 is 10.6 Å². The lowest BCUT2D eigenvalue weighted by Gasteiger charge is -2.16. The molecular weight excluding hydrogens is 355 g/mol. The van der Waals surface area contributed by atoms with Crippen LogP contribution in [0.25, 0.3) is 0 Å². The molecule has 0 fully saturated rings. The van der Waals surface area contributed by atoms with Gasteiger partial charge in [0.25, 0.3) is 0 Å². The van der Waals surface area contributed by atoms with Crippen molar-refractivity contribution in [3.63, 3.8) is 0 Å². The molecule has 0 aliphatic rings. The summed E-state index contributed by atoms with van der Waals surface area (Å²) in [6.45, 7) is 2.61. The predicted octanol–water partition coefficient (Wildman–Crippen LogP) is 4.61. The number of carbonyl (C=O) groups is 1. The summed E-state index contributed by atoms with van der Waals surface area (Å²) in [6, 6.07) is 12.6. The van der Waals surface area contributed by atoms with Gasteiger partial charge in [-0.25, -0.2) is 0 Å². The van der Waals surface area contributed by atoms with Crippen LogP contribution in [0.15, 0.2) is 42.5 Å². The Morgan fingerprint density at radius 1 is 1.04 bits per heavy atom. The quantitative estimate of drug-likeness (QED) is 0.778. The fourth-order valence-electron chi connectivity index (χ4n) is 2.07. The van der Waals surface area contributed by atoms with Crippen LogP contribution in [0, 0.1) is 0 Å². The standard InChI is InChI=1S/C17H17Cl3N2O/c1-11(15-7-6-14(19)8-16(15)20)21-10-17(23)22-9-12-2-4-13(18)5-3-12/h2-8,11,21H,9-10H2,1H3,(H,22,23)/t11-/m1/s1. The highest BCUT2D eigenvalue weighted by Crippen LogP contribution is 2.25. The number of rotatable bonds is 6. The lowest BCUT2D eigenvalue weighted by Crippen LogP contribution is -2.34. The number of benzene rings is 2. The molecule has 0 aliphatic heterocycles. The van der Waals surface area contributed by atoms with E-state index in [-0.39, 0.29) is 18.5 Å². The Labute approximate surface area is 150 Å². The number of amides is 1. The van der Waals surface area contributed by atoms with E-state index in [4.69, 9.17) is 34.8 Å². The largest absolute Gasteiger partial charge is 0.351 e. The number of halogens is 3. The van der Waals surface area contributed by atoms with Crippen LogP contribution in [0.1, 0.15) is 24.1 Å². The minimum absolute atomic E-state index is 0.0546. The molecule has 2 N–H and O–H groups in total. The van der Waals surface area contributed by atoms with E-state index < -0.39 is 0 Å². The van der Waals surface area contributed by atoms with E-state index in [1.165, 1.54) is 0 Å². The molecule has 1 amide bonds. The molecule has 6 heteroatoms. The second-order valence-electron chi connectivity index (χ2n) is 5.17. The number of hydrogen-bond acceptors (Lipinski definition) is 2. The molecule has 23 heavy (non-hydrogen) atoms. The first kappa shape index (κ1) is 18.1. The number of carbonyl (C=O) groups excluding carboxylic acids is 1. The van der Waals surface area contributed by atoms with Crippen LogP contribution >= 0.6 is 34.8 Å². The van der Waals surface area contributed by atoms with Crippen LogP contribution in [0.3, 0.4) is 0 Å². The zero-order valence-corrected chi connectivity index (χ0v) is 14.8. The van der Waals surface area contributed by atoms with Crippen molar-refractivity contribution in [2.45, 2.75) is 19.5 Å². The van der Waals surface area contributed by atoms with Crippen molar-refractivity contribution in [1.29, 1.82) is 0 Å². The Hall–Kier alpha value is -1.26. The lowest BCUT2D eigenvalue weighted by atomic mass is 10.1. The van der Waals surface area contributed by atoms with Crippen LogP contribution in [-0.4, -0.2) is 12.5 Å². The van der Waals surface area contributed by atoms with Crippen molar-refractivity contribution in [2.24, 2.45) is 0 Å². The fourth-order valence-corrected chi connectivity index (χ4v) is 2.77. The summed E-state index contributed by atoms with van der Waals surface area (Å²) < 4.78 is 0. The van der Waals surface area contributed by atoms with Gasteiger partial charge in [-0.1, -0.05) is 53.0 Å². The molecule has 0 heterocycles. The Kier molecular flexibility index (Phi) is 6.72. The molecule has 2 aromatic rings. The van der Waals surface area contributed by atoms with Crippen molar-refractivity contribution in [3.05, 3.63) is 68.7 Å². The summed E-state index contributed by atoms with van der Waals surface area (Å²) >= 11 is 17.9. The summed E-state index contributed by atoms with van der Waals surface area (Å²) in [5.74, 6) is -0.0862. The van der Waals surface area contributed by atoms with Crippen molar-refractivity contribution < 1.29 is 4.79 Å². The highest BCUT2D eigenvalue weighted by atomic mass is 35.5. The topological polar surface area (TPSA) is 41.1 Å². The molecule has 0 bridgehead atoms. The molecule has 2 rings (SSSR count). The molecule has 1 atom stereocenters. The van der Waals surface area contributed by atoms with Gasteiger partial charge >= 0.3 is 0 Å². The Bertz CT molecular complexity index is 674. The van der Waals surface area contributed by atoms with Gasteiger partial charge in [0.15, 0.2) is 0 Å². The Morgan fingerprint density at radius 2 is 1.70 bits per heavy atom. The van der Waals surface area contributed by atoms with E-state index in [2.05, 4.69) is 10.6 Å². The average Bonchev–Trinajstić information content (AvgIpc) is 2.52. The lowest BCUT2D eigenvalue weighted by molar-refractivity contribution is -0.120. The highest BCUT2D eigenvalue weighted by Gasteiger charge is 2.11. The summed E-state index contributed by atoms with van der Waals surface area (Å²) in [6.07, 6.45) is 0. The smallest absolute Gasteiger partial charge is 0.234 e. The molecule has 2 aromatic carbocycles. The molecule has 0 spiro atoms. The van der Waals surface area contributed by atoms with E-state index >= 15 is 0 Å². The molecule has 0 aromatic heterocycles. The second kappa shape index (κ2) is 8.55.